The summed E-state index contributed by atoms with van der Waals surface area (Å²) in [6.45, 7) is 3.16. The van der Waals surface area contributed by atoms with Crippen molar-refractivity contribution in [2.75, 3.05) is 19.8 Å². The van der Waals surface area contributed by atoms with E-state index in [1.165, 1.54) is 51.4 Å². The predicted molar refractivity (Wildman–Crippen MR) is 99.6 cm³/mol. The van der Waals surface area contributed by atoms with Gasteiger partial charge < -0.3 is 24.8 Å². The molecule has 0 radical (unpaired) electrons. The van der Waals surface area contributed by atoms with E-state index in [-0.39, 0.29) is 13.2 Å². The normalized spacial score (nSPS) is 27.2. The Kier molecular flexibility index (Phi) is 13.3. The molecule has 5 nitrogen and oxygen atoms in total. The molecule has 0 aromatic rings. The maximum Gasteiger partial charge on any atom is 0.111 e. The van der Waals surface area contributed by atoms with Gasteiger partial charge >= 0.3 is 0 Å². The molecule has 0 bridgehead atoms. The fraction of sp³-hybridized carbons (Fsp3) is 0.900. The minimum Gasteiger partial charge on any atom is -0.388 e. The predicted octanol–water partition coefficient (Wildman–Crippen LogP) is 2.96. The monoisotopic (exact) mass is 358 g/mol. The molecule has 0 amide bonds. The van der Waals surface area contributed by atoms with Gasteiger partial charge in [0.15, 0.2) is 0 Å². The number of hydrogen-bond acceptors (Lipinski definition) is 5. The molecule has 1 aliphatic heterocycles. The molecule has 1 heterocycles. The highest BCUT2D eigenvalue weighted by atomic mass is 16.6. The number of ether oxygens (including phenoxy) is 2. The summed E-state index contributed by atoms with van der Waals surface area (Å²) in [7, 11) is 0. The molecule has 3 N–H and O–H groups in total. The quantitative estimate of drug-likeness (QED) is 0.329. The van der Waals surface area contributed by atoms with Gasteiger partial charge in [-0.1, -0.05) is 57.6 Å². The van der Waals surface area contributed by atoms with Crippen LogP contribution in [0.1, 0.15) is 71.1 Å². The lowest BCUT2D eigenvalue weighted by molar-refractivity contribution is -0.199. The molecule has 0 aromatic heterocycles. The lowest BCUT2D eigenvalue weighted by Crippen LogP contribution is -2.54. The molecule has 4 atom stereocenters. The molecular weight excluding hydrogens is 320 g/mol. The summed E-state index contributed by atoms with van der Waals surface area (Å²) >= 11 is 0. The molecule has 1 saturated heterocycles. The van der Waals surface area contributed by atoms with Gasteiger partial charge in [0.2, 0.25) is 0 Å². The number of allylic oxidation sites excluding steroid dienone is 2. The van der Waals surface area contributed by atoms with E-state index in [2.05, 4.69) is 19.1 Å². The molecule has 0 aliphatic carbocycles. The van der Waals surface area contributed by atoms with E-state index < -0.39 is 24.4 Å². The van der Waals surface area contributed by atoms with Crippen molar-refractivity contribution in [3.05, 3.63) is 12.2 Å². The summed E-state index contributed by atoms with van der Waals surface area (Å²) in [6.07, 6.45) is 13.1. The zero-order valence-electron chi connectivity index (χ0n) is 15.8. The first kappa shape index (κ1) is 22.6. The van der Waals surface area contributed by atoms with Crippen LogP contribution in [0.3, 0.4) is 0 Å². The maximum atomic E-state index is 9.79. The summed E-state index contributed by atoms with van der Waals surface area (Å²) < 4.78 is 10.8. The molecular formula is C20H38O5. The van der Waals surface area contributed by atoms with Gasteiger partial charge in [0.25, 0.3) is 0 Å². The van der Waals surface area contributed by atoms with Crippen molar-refractivity contribution in [1.29, 1.82) is 0 Å². The Balaban J connectivity index is 1.85. The van der Waals surface area contributed by atoms with E-state index >= 15 is 0 Å². The van der Waals surface area contributed by atoms with Crippen LogP contribution in [0.25, 0.3) is 0 Å². The number of aliphatic hydroxyl groups is 3. The first-order valence-corrected chi connectivity index (χ1v) is 10.0. The van der Waals surface area contributed by atoms with E-state index in [4.69, 9.17) is 9.47 Å². The van der Waals surface area contributed by atoms with Crippen LogP contribution >= 0.6 is 0 Å². The highest BCUT2D eigenvalue weighted by Gasteiger charge is 2.37. The molecule has 1 aliphatic rings. The Morgan fingerprint density at radius 3 is 2.24 bits per heavy atom. The van der Waals surface area contributed by atoms with Gasteiger partial charge in [-0.15, -0.1) is 0 Å². The molecule has 148 valence electrons. The van der Waals surface area contributed by atoms with Crippen LogP contribution in [0, 0.1) is 0 Å². The van der Waals surface area contributed by atoms with Crippen molar-refractivity contribution in [3.63, 3.8) is 0 Å². The molecule has 0 saturated carbocycles. The van der Waals surface area contributed by atoms with E-state index in [9.17, 15) is 15.3 Å². The van der Waals surface area contributed by atoms with Crippen molar-refractivity contribution in [1.82, 2.24) is 0 Å². The molecule has 0 unspecified atom stereocenters. The second kappa shape index (κ2) is 14.7. The zero-order chi connectivity index (χ0) is 18.3. The van der Waals surface area contributed by atoms with Crippen LogP contribution in [0.5, 0.6) is 0 Å². The average molecular weight is 359 g/mol. The average Bonchev–Trinajstić information content (AvgIpc) is 2.61. The number of rotatable bonds is 14. The van der Waals surface area contributed by atoms with E-state index in [0.29, 0.717) is 6.61 Å². The van der Waals surface area contributed by atoms with Crippen LogP contribution < -0.4 is 0 Å². The first-order chi connectivity index (χ1) is 12.2. The van der Waals surface area contributed by atoms with Gasteiger partial charge in [0.1, 0.15) is 24.4 Å². The summed E-state index contributed by atoms with van der Waals surface area (Å²) in [4.78, 5) is 0. The van der Waals surface area contributed by atoms with Crippen molar-refractivity contribution >= 4 is 0 Å². The Labute approximate surface area is 153 Å². The summed E-state index contributed by atoms with van der Waals surface area (Å²) in [5.74, 6) is 0. The number of unbranched alkanes of at least 4 members (excludes halogenated alkanes) is 8. The summed E-state index contributed by atoms with van der Waals surface area (Å²) in [5.41, 5.74) is 0. The highest BCUT2D eigenvalue weighted by Crippen LogP contribution is 2.16. The Hall–Kier alpha value is -0.460. The van der Waals surface area contributed by atoms with Crippen LogP contribution in [0.4, 0.5) is 0 Å². The second-order valence-corrected chi connectivity index (χ2v) is 7.02. The fourth-order valence-corrected chi connectivity index (χ4v) is 2.97. The Morgan fingerprint density at radius 1 is 0.880 bits per heavy atom. The third-order valence-corrected chi connectivity index (χ3v) is 4.67. The molecule has 1 rings (SSSR count). The highest BCUT2D eigenvalue weighted by molar-refractivity contribution is 4.86. The van der Waals surface area contributed by atoms with Crippen molar-refractivity contribution in [3.8, 4) is 0 Å². The lowest BCUT2D eigenvalue weighted by Gasteiger charge is -2.35. The molecule has 1 fully saturated rings. The van der Waals surface area contributed by atoms with Crippen molar-refractivity contribution in [2.24, 2.45) is 0 Å². The van der Waals surface area contributed by atoms with Gasteiger partial charge in [0.05, 0.1) is 13.2 Å². The van der Waals surface area contributed by atoms with E-state index in [1.807, 2.05) is 0 Å². The third-order valence-electron chi connectivity index (χ3n) is 4.67. The van der Waals surface area contributed by atoms with Crippen LogP contribution in [-0.2, 0) is 9.47 Å². The van der Waals surface area contributed by atoms with Gasteiger partial charge in [-0.2, -0.15) is 0 Å². The van der Waals surface area contributed by atoms with Gasteiger partial charge in [0, 0.05) is 6.61 Å². The smallest absolute Gasteiger partial charge is 0.111 e. The van der Waals surface area contributed by atoms with E-state index in [1.54, 1.807) is 0 Å². The van der Waals surface area contributed by atoms with Gasteiger partial charge in [-0.3, -0.25) is 0 Å². The van der Waals surface area contributed by atoms with E-state index in [0.717, 1.165) is 12.8 Å². The topological polar surface area (TPSA) is 79.2 Å². The summed E-state index contributed by atoms with van der Waals surface area (Å²) in [6, 6.07) is 0. The third kappa shape index (κ3) is 10.3. The SMILES string of the molecule is CCC/C=C/CCCCCCCCCOC[C@@H]1OC[C@@H](O)[C@H](O)[C@H]1O. The van der Waals surface area contributed by atoms with Gasteiger partial charge in [-0.25, -0.2) is 0 Å². The van der Waals surface area contributed by atoms with Gasteiger partial charge in [-0.05, 0) is 25.7 Å². The maximum absolute atomic E-state index is 9.79. The first-order valence-electron chi connectivity index (χ1n) is 10.0. The second-order valence-electron chi connectivity index (χ2n) is 7.02. The standard InChI is InChI=1S/C20H38O5/c1-2-3-4-5-6-7-8-9-10-11-12-13-14-24-16-18-20(23)19(22)17(21)15-25-18/h4-5,17-23H,2-3,6-16H2,1H3/b5-4+/t17-,18+,19+,20+/m1/s1. The number of aliphatic hydroxyl groups excluding tert-OH is 3. The minimum atomic E-state index is -1.15. The number of hydrogen-bond donors (Lipinski definition) is 3. The van der Waals surface area contributed by atoms with Crippen LogP contribution in [-0.4, -0.2) is 59.6 Å². The molecule has 5 heteroatoms. The summed E-state index contributed by atoms with van der Waals surface area (Å²) in [5, 5.41) is 28.8. The largest absolute Gasteiger partial charge is 0.388 e. The van der Waals surface area contributed by atoms with Crippen LogP contribution in [0.15, 0.2) is 12.2 Å². The molecule has 0 spiro atoms. The minimum absolute atomic E-state index is 0.0423. The zero-order valence-corrected chi connectivity index (χ0v) is 15.8. The van der Waals surface area contributed by atoms with Crippen molar-refractivity contribution < 1.29 is 24.8 Å². The van der Waals surface area contributed by atoms with Crippen LogP contribution in [0.2, 0.25) is 0 Å². The fourth-order valence-electron chi connectivity index (χ4n) is 2.97. The molecule has 0 aromatic carbocycles. The molecule has 25 heavy (non-hydrogen) atoms. The Bertz CT molecular complexity index is 334. The lowest BCUT2D eigenvalue weighted by atomic mass is 10.0. The van der Waals surface area contributed by atoms with Crippen molar-refractivity contribution in [2.45, 2.75) is 95.5 Å². The Morgan fingerprint density at radius 2 is 1.52 bits per heavy atom.